The Hall–Kier alpha value is -1.10. The molecule has 0 spiro atoms. The average Bonchev–Trinajstić information content (AvgIpc) is 2.48. The van der Waals surface area contributed by atoms with Gasteiger partial charge in [-0.15, -0.1) is 0 Å². The maximum atomic E-state index is 12.6. The van der Waals surface area contributed by atoms with E-state index < -0.39 is 0 Å². The molecule has 1 aliphatic carbocycles. The Morgan fingerprint density at radius 3 is 2.24 bits per heavy atom. The number of amides is 1. The number of rotatable bonds is 7. The first kappa shape index (κ1) is 18.0. The third-order valence-corrected chi connectivity index (χ3v) is 4.31. The average molecular weight is 298 g/mol. The standard InChI is InChI=1S/C16H30N2O3/c1-5-18(14-9-7-6-8-10-14)15(19)11-17(13(2)3)12-16(20)21-4/h13-14H,5-12H2,1-4H3. The van der Waals surface area contributed by atoms with Crippen molar-refractivity contribution in [2.24, 2.45) is 0 Å². The number of hydrogen-bond acceptors (Lipinski definition) is 4. The van der Waals surface area contributed by atoms with Crippen molar-refractivity contribution in [1.82, 2.24) is 9.80 Å². The molecular formula is C16H30N2O3. The molecule has 1 saturated carbocycles. The number of carbonyl (C=O) groups is 2. The Balaban J connectivity index is 2.62. The molecule has 0 N–H and O–H groups in total. The van der Waals surface area contributed by atoms with E-state index in [4.69, 9.17) is 4.74 Å². The van der Waals surface area contributed by atoms with Crippen LogP contribution in [0.1, 0.15) is 52.9 Å². The maximum absolute atomic E-state index is 12.6. The minimum absolute atomic E-state index is 0.127. The molecule has 122 valence electrons. The summed E-state index contributed by atoms with van der Waals surface area (Å²) in [6.45, 7) is 7.22. The Morgan fingerprint density at radius 2 is 1.76 bits per heavy atom. The summed E-state index contributed by atoms with van der Waals surface area (Å²) in [7, 11) is 1.38. The Bertz CT molecular complexity index is 338. The molecule has 0 bridgehead atoms. The van der Waals surface area contributed by atoms with Crippen molar-refractivity contribution >= 4 is 11.9 Å². The zero-order valence-electron chi connectivity index (χ0n) is 13.9. The van der Waals surface area contributed by atoms with Gasteiger partial charge in [0.1, 0.15) is 0 Å². The van der Waals surface area contributed by atoms with E-state index in [-0.39, 0.29) is 31.0 Å². The van der Waals surface area contributed by atoms with E-state index in [2.05, 4.69) is 0 Å². The van der Waals surface area contributed by atoms with Crippen LogP contribution in [0.5, 0.6) is 0 Å². The lowest BCUT2D eigenvalue weighted by Gasteiger charge is -2.35. The van der Waals surface area contributed by atoms with Crippen molar-refractivity contribution in [2.45, 2.75) is 65.0 Å². The van der Waals surface area contributed by atoms with Crippen LogP contribution < -0.4 is 0 Å². The van der Waals surface area contributed by atoms with Crippen LogP contribution in [-0.2, 0) is 14.3 Å². The maximum Gasteiger partial charge on any atom is 0.319 e. The lowest BCUT2D eigenvalue weighted by molar-refractivity contribution is -0.144. The number of hydrogen-bond donors (Lipinski definition) is 0. The largest absolute Gasteiger partial charge is 0.468 e. The van der Waals surface area contributed by atoms with Gasteiger partial charge in [0.25, 0.3) is 0 Å². The first-order valence-electron chi connectivity index (χ1n) is 8.09. The van der Waals surface area contributed by atoms with Crippen molar-refractivity contribution < 1.29 is 14.3 Å². The summed E-state index contributed by atoms with van der Waals surface area (Å²) in [6.07, 6.45) is 5.92. The SMILES string of the molecule is CCN(C(=O)CN(CC(=O)OC)C(C)C)C1CCCCC1. The lowest BCUT2D eigenvalue weighted by Crippen LogP contribution is -2.48. The molecule has 1 rings (SSSR count). The van der Waals surface area contributed by atoms with Gasteiger partial charge < -0.3 is 9.64 Å². The second kappa shape index (κ2) is 9.03. The summed E-state index contributed by atoms with van der Waals surface area (Å²) in [5.74, 6) is -0.167. The van der Waals surface area contributed by atoms with Crippen LogP contribution in [0.15, 0.2) is 0 Å². The van der Waals surface area contributed by atoms with Crippen LogP contribution in [-0.4, -0.2) is 60.5 Å². The molecule has 0 aromatic rings. The summed E-state index contributed by atoms with van der Waals surface area (Å²) < 4.78 is 4.71. The molecule has 5 heteroatoms. The fraction of sp³-hybridized carbons (Fsp3) is 0.875. The molecule has 0 radical (unpaired) electrons. The molecule has 5 nitrogen and oxygen atoms in total. The fourth-order valence-electron chi connectivity index (χ4n) is 2.95. The van der Waals surface area contributed by atoms with E-state index in [1.807, 2.05) is 30.6 Å². The van der Waals surface area contributed by atoms with Crippen LogP contribution in [0.2, 0.25) is 0 Å². The predicted octanol–water partition coefficient (Wildman–Crippen LogP) is 2.05. The van der Waals surface area contributed by atoms with Crippen molar-refractivity contribution in [3.05, 3.63) is 0 Å². The third kappa shape index (κ3) is 5.65. The zero-order valence-corrected chi connectivity index (χ0v) is 13.9. The van der Waals surface area contributed by atoms with Crippen LogP contribution in [0, 0.1) is 0 Å². The van der Waals surface area contributed by atoms with Crippen molar-refractivity contribution in [1.29, 1.82) is 0 Å². The van der Waals surface area contributed by atoms with E-state index >= 15 is 0 Å². The Kier molecular flexibility index (Phi) is 7.72. The van der Waals surface area contributed by atoms with Crippen molar-refractivity contribution in [3.63, 3.8) is 0 Å². The highest BCUT2D eigenvalue weighted by molar-refractivity contribution is 5.79. The monoisotopic (exact) mass is 298 g/mol. The summed E-state index contributed by atoms with van der Waals surface area (Å²) in [5, 5.41) is 0. The normalized spacial score (nSPS) is 16.3. The molecule has 0 heterocycles. The van der Waals surface area contributed by atoms with Gasteiger partial charge in [-0.2, -0.15) is 0 Å². The number of likely N-dealkylation sites (N-methyl/N-ethyl adjacent to an activating group) is 1. The van der Waals surface area contributed by atoms with Gasteiger partial charge in [-0.1, -0.05) is 19.3 Å². The molecule has 0 aromatic heterocycles. The van der Waals surface area contributed by atoms with Gasteiger partial charge in [0, 0.05) is 18.6 Å². The highest BCUT2D eigenvalue weighted by atomic mass is 16.5. The molecule has 0 saturated heterocycles. The van der Waals surface area contributed by atoms with Crippen molar-refractivity contribution in [2.75, 3.05) is 26.7 Å². The first-order chi connectivity index (χ1) is 9.99. The molecule has 1 fully saturated rings. The highest BCUT2D eigenvalue weighted by Crippen LogP contribution is 2.22. The summed E-state index contributed by atoms with van der Waals surface area (Å²) in [5.41, 5.74) is 0. The van der Waals surface area contributed by atoms with Gasteiger partial charge in [-0.05, 0) is 33.6 Å². The minimum atomic E-state index is -0.294. The molecule has 0 aromatic carbocycles. The Morgan fingerprint density at radius 1 is 1.14 bits per heavy atom. The summed E-state index contributed by atoms with van der Waals surface area (Å²) in [4.78, 5) is 27.9. The quantitative estimate of drug-likeness (QED) is 0.675. The zero-order chi connectivity index (χ0) is 15.8. The molecular weight excluding hydrogens is 268 g/mol. The number of carbonyl (C=O) groups excluding carboxylic acids is 2. The fourth-order valence-corrected chi connectivity index (χ4v) is 2.95. The van der Waals surface area contributed by atoms with Crippen molar-refractivity contribution in [3.8, 4) is 0 Å². The number of ether oxygens (including phenoxy) is 1. The van der Waals surface area contributed by atoms with Crippen LogP contribution >= 0.6 is 0 Å². The number of esters is 1. The number of nitrogens with zero attached hydrogens (tertiary/aromatic N) is 2. The highest BCUT2D eigenvalue weighted by Gasteiger charge is 2.26. The van der Waals surface area contributed by atoms with Crippen LogP contribution in [0.25, 0.3) is 0 Å². The predicted molar refractivity (Wildman–Crippen MR) is 83.0 cm³/mol. The van der Waals surface area contributed by atoms with Crippen LogP contribution in [0.3, 0.4) is 0 Å². The molecule has 0 aliphatic heterocycles. The van der Waals surface area contributed by atoms with E-state index in [0.29, 0.717) is 6.04 Å². The molecule has 21 heavy (non-hydrogen) atoms. The second-order valence-corrected chi connectivity index (χ2v) is 6.05. The summed E-state index contributed by atoms with van der Waals surface area (Å²) >= 11 is 0. The smallest absolute Gasteiger partial charge is 0.319 e. The minimum Gasteiger partial charge on any atom is -0.468 e. The van der Waals surface area contributed by atoms with Gasteiger partial charge in [0.2, 0.25) is 5.91 Å². The molecule has 1 aliphatic rings. The second-order valence-electron chi connectivity index (χ2n) is 6.05. The van der Waals surface area contributed by atoms with Gasteiger partial charge >= 0.3 is 5.97 Å². The molecule has 1 amide bonds. The van der Waals surface area contributed by atoms with Gasteiger partial charge in [0.05, 0.1) is 20.2 Å². The third-order valence-electron chi connectivity index (χ3n) is 4.31. The molecule has 0 unspecified atom stereocenters. The van der Waals surface area contributed by atoms with E-state index in [1.165, 1.54) is 26.4 Å². The van der Waals surface area contributed by atoms with Gasteiger partial charge in [-0.25, -0.2) is 0 Å². The lowest BCUT2D eigenvalue weighted by atomic mass is 9.94. The first-order valence-corrected chi connectivity index (χ1v) is 8.09. The van der Waals surface area contributed by atoms with E-state index in [1.54, 1.807) is 0 Å². The van der Waals surface area contributed by atoms with Crippen LogP contribution in [0.4, 0.5) is 0 Å². The topological polar surface area (TPSA) is 49.9 Å². The molecule has 0 atom stereocenters. The van der Waals surface area contributed by atoms with Gasteiger partial charge in [0.15, 0.2) is 0 Å². The van der Waals surface area contributed by atoms with E-state index in [9.17, 15) is 9.59 Å². The summed E-state index contributed by atoms with van der Waals surface area (Å²) in [6, 6.07) is 0.515. The number of methoxy groups -OCH3 is 1. The van der Waals surface area contributed by atoms with Gasteiger partial charge in [-0.3, -0.25) is 14.5 Å². The Labute approximate surface area is 128 Å². The van der Waals surface area contributed by atoms with E-state index in [0.717, 1.165) is 19.4 Å².